The number of fused-ring (bicyclic) bond motifs is 2. The number of aldehydes is 1. The van der Waals surface area contributed by atoms with Gasteiger partial charge in [0.15, 0.2) is 11.6 Å². The Morgan fingerprint density at radius 2 is 1.94 bits per heavy atom. The molecule has 2 aromatic carbocycles. The second-order valence-electron chi connectivity index (χ2n) is 14.0. The third-order valence-corrected chi connectivity index (χ3v) is 10.5. The Labute approximate surface area is 309 Å². The Morgan fingerprint density at radius 1 is 1.15 bits per heavy atom. The Balaban J connectivity index is 0.995. The number of anilines is 2. The van der Waals surface area contributed by atoms with Crippen LogP contribution in [-0.2, 0) is 16.1 Å². The van der Waals surface area contributed by atoms with Gasteiger partial charge in [-0.25, -0.2) is 9.37 Å². The molecule has 2 unspecified atom stereocenters. The highest BCUT2D eigenvalue weighted by atomic mass is 19.1. The van der Waals surface area contributed by atoms with Crippen LogP contribution in [0.4, 0.5) is 15.9 Å². The van der Waals surface area contributed by atoms with Crippen molar-refractivity contribution in [1.29, 1.82) is 0 Å². The van der Waals surface area contributed by atoms with Crippen molar-refractivity contribution in [3.8, 4) is 5.75 Å². The molecule has 0 aliphatic carbocycles. The number of carbonyl (C=O) groups excluding carboxylic acids is 4. The van der Waals surface area contributed by atoms with Crippen LogP contribution in [0.25, 0.3) is 10.9 Å². The summed E-state index contributed by atoms with van der Waals surface area (Å²) in [6.07, 6.45) is 6.46. The van der Waals surface area contributed by atoms with E-state index in [2.05, 4.69) is 43.4 Å². The molecule has 1 saturated heterocycles. The van der Waals surface area contributed by atoms with Gasteiger partial charge in [-0.2, -0.15) is 0 Å². The molecule has 3 amide bonds. The minimum atomic E-state index is -0.708. The second kappa shape index (κ2) is 16.6. The number of hydrogen-bond acceptors (Lipinski definition) is 8. The fraction of sp³-hybridized carbons (Fsp3) is 0.425. The highest BCUT2D eigenvalue weighted by molar-refractivity contribution is 6.04. The second-order valence-corrected chi connectivity index (χ2v) is 14.0. The molecule has 53 heavy (non-hydrogen) atoms. The van der Waals surface area contributed by atoms with E-state index in [-0.39, 0.29) is 42.0 Å². The zero-order chi connectivity index (χ0) is 37.6. The highest BCUT2D eigenvalue weighted by Gasteiger charge is 2.38. The number of benzene rings is 2. The molecule has 6 rings (SSSR count). The molecule has 280 valence electrons. The number of carbonyl (C=O) groups is 4. The minimum Gasteiger partial charge on any atom is -0.491 e. The van der Waals surface area contributed by atoms with Gasteiger partial charge in [-0.15, -0.1) is 0 Å². The average Bonchev–Trinajstić information content (AvgIpc) is 3.72. The van der Waals surface area contributed by atoms with Gasteiger partial charge in [0, 0.05) is 84.9 Å². The first-order valence-electron chi connectivity index (χ1n) is 18.3. The van der Waals surface area contributed by atoms with Gasteiger partial charge in [-0.3, -0.25) is 14.4 Å². The van der Waals surface area contributed by atoms with Crippen molar-refractivity contribution in [3.05, 3.63) is 82.9 Å². The third-order valence-electron chi connectivity index (χ3n) is 10.5. The van der Waals surface area contributed by atoms with Crippen molar-refractivity contribution in [2.75, 3.05) is 51.1 Å². The van der Waals surface area contributed by atoms with Crippen LogP contribution in [0.1, 0.15) is 83.5 Å². The van der Waals surface area contributed by atoms with Gasteiger partial charge in [0.25, 0.3) is 11.8 Å². The first-order valence-corrected chi connectivity index (χ1v) is 18.3. The minimum absolute atomic E-state index is 0.0982. The molecule has 0 bridgehead atoms. The smallest absolute Gasteiger partial charge is 0.256 e. The molecular weight excluding hydrogens is 677 g/mol. The third kappa shape index (κ3) is 8.20. The first kappa shape index (κ1) is 37.5. The van der Waals surface area contributed by atoms with Crippen molar-refractivity contribution < 1.29 is 28.3 Å². The molecule has 1 fully saturated rings. The van der Waals surface area contributed by atoms with E-state index in [1.165, 1.54) is 19.2 Å². The fourth-order valence-electron chi connectivity index (χ4n) is 7.61. The number of H-pyrrole nitrogens is 1. The van der Waals surface area contributed by atoms with Gasteiger partial charge < -0.3 is 39.8 Å². The van der Waals surface area contributed by atoms with Crippen LogP contribution in [0, 0.1) is 11.7 Å². The summed E-state index contributed by atoms with van der Waals surface area (Å²) in [6.45, 7) is 4.37. The van der Waals surface area contributed by atoms with Crippen molar-refractivity contribution in [2.24, 2.45) is 5.92 Å². The molecule has 0 spiro atoms. The SMILES string of the molecule is CCC(c1cc2cnc(NC(=O)c3ccc(OCCC4CCN(c5cccc6c5CN(C(CCC=O)C(=O)NC)C6=O)CC4)c(F)c3)cc2[nH]1)N(C)C. The summed E-state index contributed by atoms with van der Waals surface area (Å²) in [6, 6.07) is 13.3. The van der Waals surface area contributed by atoms with Crippen molar-refractivity contribution in [2.45, 2.75) is 64.1 Å². The van der Waals surface area contributed by atoms with Crippen molar-refractivity contribution in [3.63, 3.8) is 0 Å². The fourth-order valence-corrected chi connectivity index (χ4v) is 7.61. The number of pyridine rings is 1. The molecule has 2 aliphatic rings. The van der Waals surface area contributed by atoms with E-state index in [4.69, 9.17) is 4.74 Å². The number of nitrogens with zero attached hydrogens (tertiary/aromatic N) is 4. The number of piperidine rings is 1. The van der Waals surface area contributed by atoms with E-state index in [9.17, 15) is 19.2 Å². The lowest BCUT2D eigenvalue weighted by atomic mass is 9.93. The van der Waals surface area contributed by atoms with Crippen molar-refractivity contribution in [1.82, 2.24) is 25.1 Å². The Hall–Kier alpha value is -5.30. The summed E-state index contributed by atoms with van der Waals surface area (Å²) in [5, 5.41) is 6.35. The number of amides is 3. The number of halogens is 1. The summed E-state index contributed by atoms with van der Waals surface area (Å²) < 4.78 is 20.9. The lowest BCUT2D eigenvalue weighted by molar-refractivity contribution is -0.125. The van der Waals surface area contributed by atoms with Gasteiger partial charge in [0.2, 0.25) is 5.91 Å². The molecule has 4 heterocycles. The molecule has 0 radical (unpaired) electrons. The summed E-state index contributed by atoms with van der Waals surface area (Å²) in [5.41, 5.74) is 4.59. The normalized spacial score (nSPS) is 15.8. The quantitative estimate of drug-likeness (QED) is 0.133. The number of rotatable bonds is 15. The molecule has 2 aromatic heterocycles. The topological polar surface area (TPSA) is 140 Å². The maximum Gasteiger partial charge on any atom is 0.256 e. The zero-order valence-electron chi connectivity index (χ0n) is 30.8. The molecular formula is C40H48FN7O5. The molecule has 2 aliphatic heterocycles. The van der Waals surface area contributed by atoms with E-state index < -0.39 is 17.8 Å². The van der Waals surface area contributed by atoms with Gasteiger partial charge in [0.1, 0.15) is 18.1 Å². The first-order chi connectivity index (χ1) is 25.6. The van der Waals surface area contributed by atoms with Gasteiger partial charge in [-0.1, -0.05) is 13.0 Å². The predicted octanol–water partition coefficient (Wildman–Crippen LogP) is 5.70. The Kier molecular flexibility index (Phi) is 11.7. The van der Waals surface area contributed by atoms with Crippen LogP contribution < -0.4 is 20.3 Å². The zero-order valence-corrected chi connectivity index (χ0v) is 30.8. The van der Waals surface area contributed by atoms with E-state index in [1.807, 2.05) is 26.2 Å². The van der Waals surface area contributed by atoms with Crippen LogP contribution in [0.15, 0.2) is 54.7 Å². The number of aromatic amines is 1. The largest absolute Gasteiger partial charge is 0.491 e. The Bertz CT molecular complexity index is 1970. The number of nitrogens with one attached hydrogen (secondary N) is 3. The van der Waals surface area contributed by atoms with Crippen LogP contribution in [0.3, 0.4) is 0 Å². The van der Waals surface area contributed by atoms with E-state index in [1.54, 1.807) is 29.3 Å². The van der Waals surface area contributed by atoms with Gasteiger partial charge in [-0.05, 0) is 88.5 Å². The van der Waals surface area contributed by atoms with E-state index >= 15 is 4.39 Å². The summed E-state index contributed by atoms with van der Waals surface area (Å²) in [5.74, 6) is -0.699. The number of ether oxygens (including phenoxy) is 1. The van der Waals surface area contributed by atoms with Gasteiger partial charge in [0.05, 0.1) is 12.1 Å². The lowest BCUT2D eigenvalue weighted by Crippen LogP contribution is -2.46. The molecule has 2 atom stereocenters. The summed E-state index contributed by atoms with van der Waals surface area (Å²) in [4.78, 5) is 63.8. The highest BCUT2D eigenvalue weighted by Crippen LogP contribution is 2.36. The summed E-state index contributed by atoms with van der Waals surface area (Å²) in [7, 11) is 5.61. The lowest BCUT2D eigenvalue weighted by Gasteiger charge is -2.35. The molecule has 0 saturated carbocycles. The predicted molar refractivity (Wildman–Crippen MR) is 202 cm³/mol. The van der Waals surface area contributed by atoms with Crippen LogP contribution in [-0.4, -0.2) is 90.7 Å². The van der Waals surface area contributed by atoms with Crippen LogP contribution in [0.2, 0.25) is 0 Å². The molecule has 13 heteroatoms. The summed E-state index contributed by atoms with van der Waals surface area (Å²) >= 11 is 0. The maximum atomic E-state index is 15.1. The van der Waals surface area contributed by atoms with Crippen LogP contribution in [0.5, 0.6) is 5.75 Å². The van der Waals surface area contributed by atoms with Crippen LogP contribution >= 0.6 is 0 Å². The van der Waals surface area contributed by atoms with E-state index in [0.717, 1.165) is 72.9 Å². The average molecular weight is 726 g/mol. The Morgan fingerprint density at radius 3 is 2.64 bits per heavy atom. The molecule has 3 N–H and O–H groups in total. The monoisotopic (exact) mass is 725 g/mol. The number of hydrogen-bond donors (Lipinski definition) is 3. The molecule has 4 aromatic rings. The number of aromatic nitrogens is 2. The number of likely N-dealkylation sites (N-methyl/N-ethyl adjacent to an activating group) is 1. The van der Waals surface area contributed by atoms with Crippen molar-refractivity contribution >= 4 is 46.4 Å². The standard InChI is InChI=1S/C40H48FN7O5/c1-5-33(46(3)4)32-21-27-23-43-37(22-31(27)44-32)45-38(50)26-11-12-36(30(41)20-26)53-19-15-25-13-16-47(17-14-25)34-9-6-8-28-29(34)24-48(40(28)52)35(10-7-18-49)39(51)42-2/h6,8-9,11-12,18,20-23,25,33,35,44H,5,7,10,13-17,19,24H2,1-4H3,(H,42,51)(H,43,45,50). The van der Waals surface area contributed by atoms with E-state index in [0.29, 0.717) is 30.5 Å². The molecule has 12 nitrogen and oxygen atoms in total. The maximum absolute atomic E-state index is 15.1. The van der Waals surface area contributed by atoms with Gasteiger partial charge >= 0.3 is 0 Å².